The van der Waals surface area contributed by atoms with E-state index in [-0.39, 0.29) is 23.3 Å². The van der Waals surface area contributed by atoms with Crippen LogP contribution in [0, 0.1) is 0 Å². The topological polar surface area (TPSA) is 90.0 Å². The number of amides is 2. The molecule has 0 radical (unpaired) electrons. The molecule has 154 valence electrons. The van der Waals surface area contributed by atoms with Gasteiger partial charge in [0.05, 0.1) is 17.4 Å². The molecule has 2 aliphatic heterocycles. The Labute approximate surface area is 166 Å². The smallest absolute Gasteiger partial charge is 0.240 e. The normalized spacial score (nSPS) is 21.1. The fraction of sp³-hybridized carbons (Fsp3) is 0.579. The van der Waals surface area contributed by atoms with Gasteiger partial charge in [-0.2, -0.15) is 0 Å². The van der Waals surface area contributed by atoms with Crippen molar-refractivity contribution >= 4 is 22.3 Å². The van der Waals surface area contributed by atoms with Gasteiger partial charge in [-0.05, 0) is 44.6 Å². The van der Waals surface area contributed by atoms with Gasteiger partial charge in [0.2, 0.25) is 22.3 Å². The number of hydrogen-bond donors (Lipinski definition) is 1. The molecule has 0 unspecified atom stereocenters. The van der Waals surface area contributed by atoms with Gasteiger partial charge < -0.3 is 14.7 Å². The largest absolute Gasteiger partial charge is 0.341 e. The molecule has 2 fully saturated rings. The predicted octanol–water partition coefficient (Wildman–Crippen LogP) is -0.0978. The molecule has 2 amide bonds. The minimum Gasteiger partial charge on any atom is -0.341 e. The van der Waals surface area contributed by atoms with E-state index in [9.17, 15) is 18.0 Å². The molecule has 3 rings (SSSR count). The summed E-state index contributed by atoms with van der Waals surface area (Å²) in [5, 5.41) is 0. The van der Waals surface area contributed by atoms with Crippen LogP contribution < -0.4 is 4.72 Å². The lowest BCUT2D eigenvalue weighted by Crippen LogP contribution is -2.58. The molecule has 0 spiro atoms. The molecule has 9 heteroatoms. The molecule has 0 aliphatic carbocycles. The number of nitrogens with one attached hydrogen (secondary N) is 1. The van der Waals surface area contributed by atoms with Crippen LogP contribution in [0.5, 0.6) is 0 Å². The fourth-order valence-corrected chi connectivity index (χ4v) is 4.97. The van der Waals surface area contributed by atoms with Crippen LogP contribution >= 0.6 is 0 Å². The van der Waals surface area contributed by atoms with Crippen LogP contribution in [0.15, 0.2) is 29.2 Å². The van der Waals surface area contributed by atoms with Crippen LogP contribution in [0.3, 0.4) is 0 Å². The van der Waals surface area contributed by atoms with E-state index in [1.54, 1.807) is 23.1 Å². The highest BCUT2D eigenvalue weighted by atomic mass is 32.2. The predicted molar refractivity (Wildman–Crippen MR) is 105 cm³/mol. The van der Waals surface area contributed by atoms with Crippen LogP contribution in [-0.2, 0) is 26.0 Å². The Morgan fingerprint density at radius 3 is 2.57 bits per heavy atom. The van der Waals surface area contributed by atoms with E-state index < -0.39 is 10.0 Å². The maximum Gasteiger partial charge on any atom is 0.240 e. The molecule has 28 heavy (non-hydrogen) atoms. The zero-order chi connectivity index (χ0) is 20.1. The fourth-order valence-electron chi connectivity index (χ4n) is 4.01. The third-order valence-corrected chi connectivity index (χ3v) is 7.04. The highest BCUT2D eigenvalue weighted by Crippen LogP contribution is 2.19. The van der Waals surface area contributed by atoms with Gasteiger partial charge >= 0.3 is 0 Å². The van der Waals surface area contributed by atoms with Gasteiger partial charge in [-0.15, -0.1) is 0 Å². The minimum absolute atomic E-state index is 0.0225. The van der Waals surface area contributed by atoms with Crippen molar-refractivity contribution in [2.45, 2.75) is 30.2 Å². The summed E-state index contributed by atoms with van der Waals surface area (Å²) >= 11 is 0. The van der Waals surface area contributed by atoms with E-state index in [0.29, 0.717) is 25.2 Å². The van der Waals surface area contributed by atoms with E-state index in [4.69, 9.17) is 0 Å². The average Bonchev–Trinajstić information content (AvgIpc) is 3.21. The molecule has 1 atom stereocenters. The summed E-state index contributed by atoms with van der Waals surface area (Å²) < 4.78 is 26.9. The first-order valence-electron chi connectivity index (χ1n) is 9.67. The summed E-state index contributed by atoms with van der Waals surface area (Å²) in [6.07, 6.45) is 3.18. The number of rotatable bonds is 7. The highest BCUT2D eigenvalue weighted by Gasteiger charge is 2.32. The Bertz CT molecular complexity index is 808. The lowest BCUT2D eigenvalue weighted by molar-refractivity contribution is -0.138. The first kappa shape index (κ1) is 20.8. The maximum atomic E-state index is 13.1. The number of sulfonamides is 1. The van der Waals surface area contributed by atoms with E-state index >= 15 is 0 Å². The number of likely N-dealkylation sites (tertiary alicyclic amines) is 1. The Balaban J connectivity index is 1.77. The number of carbonyl (C=O) groups excluding carboxylic acids is 2. The van der Waals surface area contributed by atoms with Gasteiger partial charge in [0.15, 0.2) is 0 Å². The Kier molecular flexibility index (Phi) is 6.69. The quantitative estimate of drug-likeness (QED) is 0.637. The second kappa shape index (κ2) is 9.02. The zero-order valence-electron chi connectivity index (χ0n) is 16.2. The highest BCUT2D eigenvalue weighted by molar-refractivity contribution is 7.89. The molecule has 2 heterocycles. The van der Waals surface area contributed by atoms with Crippen LogP contribution in [-0.4, -0.2) is 87.8 Å². The van der Waals surface area contributed by atoms with Crippen LogP contribution in [0.1, 0.15) is 18.4 Å². The summed E-state index contributed by atoms with van der Waals surface area (Å²) in [6.45, 7) is 4.26. The van der Waals surface area contributed by atoms with Gasteiger partial charge in [-0.25, -0.2) is 13.1 Å². The van der Waals surface area contributed by atoms with E-state index in [0.717, 1.165) is 38.9 Å². The minimum atomic E-state index is -3.63. The van der Waals surface area contributed by atoms with Crippen molar-refractivity contribution in [1.82, 2.24) is 19.4 Å². The average molecular weight is 409 g/mol. The number of carbonyl (C=O) groups is 2. The van der Waals surface area contributed by atoms with Gasteiger partial charge in [0.1, 0.15) is 0 Å². The summed E-state index contributed by atoms with van der Waals surface area (Å²) in [6, 6.07) is 6.51. The van der Waals surface area contributed by atoms with Gasteiger partial charge in [-0.1, -0.05) is 18.2 Å². The Morgan fingerprint density at radius 1 is 1.18 bits per heavy atom. The molecular weight excluding hydrogens is 380 g/mol. The van der Waals surface area contributed by atoms with Crippen LogP contribution in [0.2, 0.25) is 0 Å². The molecule has 1 aromatic carbocycles. The number of benzene rings is 1. The first-order chi connectivity index (χ1) is 13.4. The summed E-state index contributed by atoms with van der Waals surface area (Å²) in [7, 11) is -2.27. The van der Waals surface area contributed by atoms with Gasteiger partial charge in [-0.3, -0.25) is 9.59 Å². The van der Waals surface area contributed by atoms with E-state index in [1.165, 1.54) is 13.1 Å². The molecule has 8 nitrogen and oxygen atoms in total. The van der Waals surface area contributed by atoms with Crippen molar-refractivity contribution in [1.29, 1.82) is 0 Å². The summed E-state index contributed by atoms with van der Waals surface area (Å²) in [4.78, 5) is 30.3. The Hall–Kier alpha value is -1.97. The zero-order valence-corrected chi connectivity index (χ0v) is 17.0. The number of nitrogens with zero attached hydrogens (tertiary/aromatic N) is 3. The molecule has 1 N–H and O–H groups in total. The van der Waals surface area contributed by atoms with Crippen LogP contribution in [0.25, 0.3) is 0 Å². The van der Waals surface area contributed by atoms with Crippen molar-refractivity contribution in [3.8, 4) is 0 Å². The maximum absolute atomic E-state index is 13.1. The second-order valence-corrected chi connectivity index (χ2v) is 9.20. The summed E-state index contributed by atoms with van der Waals surface area (Å²) in [5.74, 6) is -0.103. The molecule has 0 saturated carbocycles. The standard InChI is InChI=1S/C19H28N4O4S/c1-20-28(26,27)18-7-3-2-6-16(18)12-19(25)23-11-10-22(15-24)14-17(23)13-21-8-4-5-9-21/h2-3,6-7,15,17,20H,4-5,8-14H2,1H3/t17-/m1/s1. The van der Waals surface area contributed by atoms with Gasteiger partial charge in [0, 0.05) is 26.2 Å². The lowest BCUT2D eigenvalue weighted by Gasteiger charge is -2.41. The van der Waals surface area contributed by atoms with E-state index in [1.807, 2.05) is 4.90 Å². The van der Waals surface area contributed by atoms with Crippen molar-refractivity contribution in [3.05, 3.63) is 29.8 Å². The molecule has 0 aromatic heterocycles. The number of hydrogen-bond acceptors (Lipinski definition) is 5. The van der Waals surface area contributed by atoms with Crippen molar-refractivity contribution < 1.29 is 18.0 Å². The molecular formula is C19H28N4O4S. The summed E-state index contributed by atoms with van der Waals surface area (Å²) in [5.41, 5.74) is 0.486. The molecule has 0 bridgehead atoms. The SMILES string of the molecule is CNS(=O)(=O)c1ccccc1CC(=O)N1CCN(C=O)C[C@H]1CN1CCCC1. The molecule has 2 aliphatic rings. The molecule has 2 saturated heterocycles. The van der Waals surface area contributed by atoms with Crippen molar-refractivity contribution in [3.63, 3.8) is 0 Å². The van der Waals surface area contributed by atoms with Gasteiger partial charge in [0.25, 0.3) is 0 Å². The Morgan fingerprint density at radius 2 is 1.89 bits per heavy atom. The molecule has 1 aromatic rings. The second-order valence-electron chi connectivity index (χ2n) is 7.34. The first-order valence-corrected chi connectivity index (χ1v) is 11.2. The van der Waals surface area contributed by atoms with Crippen molar-refractivity contribution in [2.24, 2.45) is 0 Å². The monoisotopic (exact) mass is 408 g/mol. The van der Waals surface area contributed by atoms with Crippen molar-refractivity contribution in [2.75, 3.05) is 46.3 Å². The third-order valence-electron chi connectivity index (χ3n) is 5.52. The lowest BCUT2D eigenvalue weighted by atomic mass is 10.1. The van der Waals surface area contributed by atoms with E-state index in [2.05, 4.69) is 9.62 Å². The van der Waals surface area contributed by atoms with Crippen LogP contribution in [0.4, 0.5) is 0 Å². The number of piperazine rings is 1. The third kappa shape index (κ3) is 4.71.